The molecule has 124 valence electrons. The average molecular weight is 339 g/mol. The van der Waals surface area contributed by atoms with Crippen LogP contribution in [0.5, 0.6) is 0 Å². The lowest BCUT2D eigenvalue weighted by molar-refractivity contribution is 0.209. The highest BCUT2D eigenvalue weighted by Crippen LogP contribution is 2.42. The van der Waals surface area contributed by atoms with Crippen LogP contribution in [0.4, 0.5) is 5.82 Å². The van der Waals surface area contributed by atoms with Crippen molar-refractivity contribution in [2.45, 2.75) is 32.2 Å². The zero-order valence-electron chi connectivity index (χ0n) is 14.0. The van der Waals surface area contributed by atoms with Gasteiger partial charge in [-0.2, -0.15) is 0 Å². The number of hydrogen-bond acceptors (Lipinski definition) is 5. The summed E-state index contributed by atoms with van der Waals surface area (Å²) in [6, 6.07) is 10.4. The van der Waals surface area contributed by atoms with Crippen LogP contribution in [0.15, 0.2) is 35.7 Å². The molecule has 3 aromatic rings. The normalized spacial score (nSPS) is 20.9. The molecule has 4 nitrogen and oxygen atoms in total. The van der Waals surface area contributed by atoms with Gasteiger partial charge in [0.25, 0.3) is 0 Å². The molecule has 0 saturated carbocycles. The van der Waals surface area contributed by atoms with Crippen molar-refractivity contribution in [3.05, 3.63) is 41.5 Å². The first-order chi connectivity index (χ1) is 11.6. The summed E-state index contributed by atoms with van der Waals surface area (Å²) in [6.07, 6.45) is 2.06. The van der Waals surface area contributed by atoms with Gasteiger partial charge in [0.2, 0.25) is 0 Å². The highest BCUT2D eigenvalue weighted by atomic mass is 32.1. The van der Waals surface area contributed by atoms with E-state index in [-0.39, 0.29) is 12.1 Å². The van der Waals surface area contributed by atoms with Crippen LogP contribution in [0.2, 0.25) is 0 Å². The molecular formula is C19H21N3OS. The Kier molecular flexibility index (Phi) is 3.77. The number of anilines is 1. The Morgan fingerprint density at radius 1 is 1.25 bits per heavy atom. The summed E-state index contributed by atoms with van der Waals surface area (Å²) >= 11 is 1.66. The Morgan fingerprint density at radius 2 is 2.04 bits per heavy atom. The van der Waals surface area contributed by atoms with Crippen molar-refractivity contribution in [2.24, 2.45) is 0 Å². The fourth-order valence-electron chi connectivity index (χ4n) is 3.60. The number of nitrogens with zero attached hydrogens (tertiary/aromatic N) is 3. The van der Waals surface area contributed by atoms with E-state index in [1.165, 1.54) is 11.1 Å². The van der Waals surface area contributed by atoms with Gasteiger partial charge in [0.05, 0.1) is 17.5 Å². The molecule has 1 N–H and O–H groups in total. The first-order valence-corrected chi connectivity index (χ1v) is 9.20. The smallest absolute Gasteiger partial charge is 0.142 e. The second-order valence-corrected chi connectivity index (χ2v) is 7.56. The van der Waals surface area contributed by atoms with Crippen LogP contribution in [0.3, 0.4) is 0 Å². The molecule has 1 aromatic carbocycles. The zero-order valence-corrected chi connectivity index (χ0v) is 14.8. The van der Waals surface area contributed by atoms with Crippen LogP contribution in [0, 0.1) is 6.92 Å². The van der Waals surface area contributed by atoms with Crippen LogP contribution in [-0.4, -0.2) is 33.8 Å². The largest absolute Gasteiger partial charge is 0.394 e. The number of aromatic nitrogens is 2. The number of aryl methyl sites for hydroxylation is 1. The van der Waals surface area contributed by atoms with Gasteiger partial charge in [-0.05, 0) is 32.3 Å². The maximum absolute atomic E-state index is 9.95. The minimum Gasteiger partial charge on any atom is -0.394 e. The van der Waals surface area contributed by atoms with Crippen molar-refractivity contribution in [1.29, 1.82) is 0 Å². The van der Waals surface area contributed by atoms with Gasteiger partial charge in [-0.3, -0.25) is 0 Å². The minimum atomic E-state index is -0.246. The van der Waals surface area contributed by atoms with E-state index in [1.807, 2.05) is 13.0 Å². The fraction of sp³-hybridized carbons (Fsp3) is 0.368. The molecule has 4 rings (SSSR count). The molecule has 2 aromatic heterocycles. The number of aliphatic hydroxyl groups excluding tert-OH is 1. The van der Waals surface area contributed by atoms with E-state index in [4.69, 9.17) is 4.98 Å². The van der Waals surface area contributed by atoms with Crippen molar-refractivity contribution in [3.8, 4) is 11.1 Å². The van der Waals surface area contributed by atoms with Gasteiger partial charge in [-0.15, -0.1) is 11.3 Å². The van der Waals surface area contributed by atoms with E-state index >= 15 is 0 Å². The first kappa shape index (κ1) is 15.5. The molecule has 0 spiro atoms. The van der Waals surface area contributed by atoms with Crippen LogP contribution < -0.4 is 4.90 Å². The number of fused-ring (bicyclic) bond motifs is 1. The Morgan fingerprint density at radius 3 is 2.79 bits per heavy atom. The summed E-state index contributed by atoms with van der Waals surface area (Å²) in [6.45, 7) is 5.13. The maximum Gasteiger partial charge on any atom is 0.142 e. The third-order valence-electron chi connectivity index (χ3n) is 4.96. The van der Waals surface area contributed by atoms with Crippen molar-refractivity contribution >= 4 is 27.4 Å². The van der Waals surface area contributed by atoms with Crippen molar-refractivity contribution in [1.82, 2.24) is 9.97 Å². The van der Waals surface area contributed by atoms with E-state index in [1.54, 1.807) is 11.3 Å². The molecule has 1 saturated heterocycles. The molecule has 1 aliphatic heterocycles. The maximum atomic E-state index is 9.95. The molecule has 1 aliphatic rings. The summed E-state index contributed by atoms with van der Waals surface area (Å²) in [5, 5.41) is 13.2. The van der Waals surface area contributed by atoms with Crippen LogP contribution in [-0.2, 0) is 0 Å². The molecule has 0 bridgehead atoms. The quantitative estimate of drug-likeness (QED) is 0.783. The Hall–Kier alpha value is -1.98. The number of thiophene rings is 1. The Bertz CT molecular complexity index is 877. The van der Waals surface area contributed by atoms with Gasteiger partial charge < -0.3 is 10.0 Å². The average Bonchev–Trinajstić information content (AvgIpc) is 3.19. The van der Waals surface area contributed by atoms with Gasteiger partial charge in [0, 0.05) is 17.5 Å². The van der Waals surface area contributed by atoms with Gasteiger partial charge in [-0.25, -0.2) is 9.97 Å². The second-order valence-electron chi connectivity index (χ2n) is 6.70. The lowest BCUT2D eigenvalue weighted by atomic mass is 9.99. The van der Waals surface area contributed by atoms with E-state index in [2.05, 4.69) is 46.5 Å². The summed E-state index contributed by atoms with van der Waals surface area (Å²) < 4.78 is 0. The van der Waals surface area contributed by atoms with Crippen molar-refractivity contribution in [3.63, 3.8) is 0 Å². The van der Waals surface area contributed by atoms with E-state index in [9.17, 15) is 5.11 Å². The molecule has 0 radical (unpaired) electrons. The van der Waals surface area contributed by atoms with Crippen molar-refractivity contribution in [2.75, 3.05) is 18.1 Å². The highest BCUT2D eigenvalue weighted by Gasteiger charge is 2.38. The Labute approximate surface area is 145 Å². The highest BCUT2D eigenvalue weighted by molar-refractivity contribution is 7.17. The molecule has 24 heavy (non-hydrogen) atoms. The van der Waals surface area contributed by atoms with E-state index in [0.717, 1.165) is 41.2 Å². The molecular weight excluding hydrogens is 318 g/mol. The van der Waals surface area contributed by atoms with Crippen LogP contribution in [0.25, 0.3) is 21.3 Å². The van der Waals surface area contributed by atoms with Crippen LogP contribution in [0.1, 0.15) is 25.6 Å². The lowest BCUT2D eigenvalue weighted by Gasteiger charge is -2.35. The van der Waals surface area contributed by atoms with E-state index < -0.39 is 0 Å². The van der Waals surface area contributed by atoms with Gasteiger partial charge in [-0.1, -0.05) is 30.3 Å². The monoisotopic (exact) mass is 339 g/mol. The molecule has 0 aliphatic carbocycles. The topological polar surface area (TPSA) is 49.2 Å². The van der Waals surface area contributed by atoms with E-state index in [0.29, 0.717) is 0 Å². The number of hydrogen-bond donors (Lipinski definition) is 1. The molecule has 0 amide bonds. The SMILES string of the molecule is Cc1nc(N2CCC[C@@]2(C)CO)c2c(-c3ccccc3)csc2n1. The summed E-state index contributed by atoms with van der Waals surface area (Å²) in [4.78, 5) is 12.7. The third kappa shape index (κ3) is 2.39. The predicted octanol–water partition coefficient (Wildman–Crippen LogP) is 4.02. The molecule has 5 heteroatoms. The number of aliphatic hydroxyl groups is 1. The molecule has 1 atom stereocenters. The number of rotatable bonds is 3. The number of benzene rings is 1. The summed E-state index contributed by atoms with van der Waals surface area (Å²) in [5.41, 5.74) is 2.11. The van der Waals surface area contributed by atoms with Crippen LogP contribution >= 0.6 is 11.3 Å². The first-order valence-electron chi connectivity index (χ1n) is 8.32. The van der Waals surface area contributed by atoms with Gasteiger partial charge >= 0.3 is 0 Å². The summed E-state index contributed by atoms with van der Waals surface area (Å²) in [5.74, 6) is 1.75. The van der Waals surface area contributed by atoms with Gasteiger partial charge in [0.1, 0.15) is 16.5 Å². The molecule has 3 heterocycles. The molecule has 1 fully saturated rings. The van der Waals surface area contributed by atoms with Crippen molar-refractivity contribution < 1.29 is 5.11 Å². The molecule has 0 unspecified atom stereocenters. The lowest BCUT2D eigenvalue weighted by Crippen LogP contribution is -2.45. The standard InChI is InChI=1S/C19H21N3OS/c1-13-20-17(22-10-6-9-19(22,2)12-23)16-15(11-24-18(16)21-13)14-7-4-3-5-8-14/h3-5,7-8,11,23H,6,9-10,12H2,1-2H3/t19-/m0/s1. The summed E-state index contributed by atoms with van der Waals surface area (Å²) in [7, 11) is 0. The van der Waals surface area contributed by atoms with Gasteiger partial charge in [0.15, 0.2) is 0 Å². The fourth-order valence-corrected chi connectivity index (χ4v) is 4.59. The Balaban J connectivity index is 1.96. The second kappa shape index (κ2) is 5.83. The predicted molar refractivity (Wildman–Crippen MR) is 99.7 cm³/mol. The third-order valence-corrected chi connectivity index (χ3v) is 5.83. The zero-order chi connectivity index (χ0) is 16.7. The minimum absolute atomic E-state index is 0.141.